The number of ketones is 1. The Morgan fingerprint density at radius 1 is 1.15 bits per heavy atom. The van der Waals surface area contributed by atoms with E-state index in [-0.39, 0.29) is 5.92 Å². The van der Waals surface area contributed by atoms with Crippen molar-refractivity contribution >= 4 is 16.7 Å². The third-order valence-corrected chi connectivity index (χ3v) is 4.38. The highest BCUT2D eigenvalue weighted by Gasteiger charge is 2.26. The molecule has 0 radical (unpaired) electrons. The minimum absolute atomic E-state index is 0.176. The van der Waals surface area contributed by atoms with Crippen molar-refractivity contribution in [3.05, 3.63) is 34.5 Å². The highest BCUT2D eigenvalue weighted by atomic mass is 16.1. The molecule has 1 fully saturated rings. The van der Waals surface area contributed by atoms with Crippen LogP contribution in [0.4, 0.5) is 0 Å². The van der Waals surface area contributed by atoms with Crippen LogP contribution in [-0.2, 0) is 0 Å². The number of rotatable bonds is 2. The van der Waals surface area contributed by atoms with E-state index in [0.717, 1.165) is 48.1 Å². The number of nitrogens with one attached hydrogen (secondary N) is 2. The van der Waals surface area contributed by atoms with Gasteiger partial charge in [0.05, 0.1) is 0 Å². The Kier molecular flexibility index (Phi) is 3.38. The van der Waals surface area contributed by atoms with Gasteiger partial charge in [0.15, 0.2) is 5.78 Å². The summed E-state index contributed by atoms with van der Waals surface area (Å²) in [6.45, 7) is 8.12. The Morgan fingerprint density at radius 2 is 1.85 bits per heavy atom. The van der Waals surface area contributed by atoms with Crippen LogP contribution >= 0.6 is 0 Å². The molecule has 3 nitrogen and oxygen atoms in total. The zero-order valence-electron chi connectivity index (χ0n) is 12.5. The molecule has 2 N–H and O–H groups in total. The number of fused-ring (bicyclic) bond motifs is 1. The number of benzene rings is 1. The lowest BCUT2D eigenvalue weighted by Gasteiger charge is -2.21. The molecule has 1 aromatic carbocycles. The molecule has 0 spiro atoms. The Bertz CT molecular complexity index is 663. The van der Waals surface area contributed by atoms with Gasteiger partial charge < -0.3 is 10.3 Å². The first kappa shape index (κ1) is 13.4. The number of H-pyrrole nitrogens is 1. The molecular formula is C17H22N2O. The minimum Gasteiger partial charge on any atom is -0.358 e. The molecule has 1 aliphatic heterocycles. The van der Waals surface area contributed by atoms with Gasteiger partial charge in [0.1, 0.15) is 0 Å². The highest BCUT2D eigenvalue weighted by Crippen LogP contribution is 2.30. The molecule has 20 heavy (non-hydrogen) atoms. The van der Waals surface area contributed by atoms with E-state index in [9.17, 15) is 4.79 Å². The molecule has 3 heteroatoms. The van der Waals surface area contributed by atoms with Crippen LogP contribution in [0.25, 0.3) is 10.9 Å². The van der Waals surface area contributed by atoms with Crippen LogP contribution < -0.4 is 5.32 Å². The molecule has 2 aromatic rings. The standard InChI is InChI=1S/C17H22N2O/c1-10-8-11(2)15-14(9-10)19-12(3)16(15)17(20)13-4-6-18-7-5-13/h8-9,13,18-19H,4-7H2,1-3H3. The van der Waals surface area contributed by atoms with E-state index in [1.165, 1.54) is 11.1 Å². The van der Waals surface area contributed by atoms with Gasteiger partial charge in [-0.25, -0.2) is 0 Å². The van der Waals surface area contributed by atoms with E-state index in [2.05, 4.69) is 36.3 Å². The van der Waals surface area contributed by atoms with Gasteiger partial charge >= 0.3 is 0 Å². The lowest BCUT2D eigenvalue weighted by Crippen LogP contribution is -2.32. The lowest BCUT2D eigenvalue weighted by molar-refractivity contribution is 0.0896. The monoisotopic (exact) mass is 270 g/mol. The van der Waals surface area contributed by atoms with Crippen molar-refractivity contribution in [3.63, 3.8) is 0 Å². The molecule has 3 rings (SSSR count). The van der Waals surface area contributed by atoms with Crippen LogP contribution in [0.2, 0.25) is 0 Å². The average molecular weight is 270 g/mol. The van der Waals surface area contributed by atoms with Gasteiger partial charge in [0.25, 0.3) is 0 Å². The number of carbonyl (C=O) groups is 1. The van der Waals surface area contributed by atoms with Crippen LogP contribution in [0.5, 0.6) is 0 Å². The van der Waals surface area contributed by atoms with Gasteiger partial charge in [-0.2, -0.15) is 0 Å². The molecule has 0 atom stereocenters. The van der Waals surface area contributed by atoms with Crippen molar-refractivity contribution in [1.82, 2.24) is 10.3 Å². The minimum atomic E-state index is 0.176. The predicted octanol–water partition coefficient (Wildman–Crippen LogP) is 3.28. The summed E-state index contributed by atoms with van der Waals surface area (Å²) in [6.07, 6.45) is 1.91. The summed E-state index contributed by atoms with van der Waals surface area (Å²) in [4.78, 5) is 16.3. The zero-order valence-corrected chi connectivity index (χ0v) is 12.5. The molecule has 0 aliphatic carbocycles. The van der Waals surface area contributed by atoms with Crippen molar-refractivity contribution < 1.29 is 4.79 Å². The van der Waals surface area contributed by atoms with Gasteiger partial charge in [-0.3, -0.25) is 4.79 Å². The summed E-state index contributed by atoms with van der Waals surface area (Å²) < 4.78 is 0. The molecule has 106 valence electrons. The molecule has 1 aromatic heterocycles. The summed E-state index contributed by atoms with van der Waals surface area (Å²) in [5.74, 6) is 0.497. The van der Waals surface area contributed by atoms with Crippen LogP contribution in [0.1, 0.15) is 40.0 Å². The quantitative estimate of drug-likeness (QED) is 0.823. The molecule has 0 unspecified atom stereocenters. The van der Waals surface area contributed by atoms with Crippen LogP contribution in [0.15, 0.2) is 12.1 Å². The maximum atomic E-state index is 12.9. The van der Waals surface area contributed by atoms with Crippen molar-refractivity contribution in [2.24, 2.45) is 5.92 Å². The third-order valence-electron chi connectivity index (χ3n) is 4.38. The molecule has 1 aliphatic rings. The summed E-state index contributed by atoms with van der Waals surface area (Å²) in [7, 11) is 0. The number of carbonyl (C=O) groups excluding carboxylic acids is 1. The van der Waals surface area contributed by atoms with Crippen LogP contribution in [0.3, 0.4) is 0 Å². The molecule has 2 heterocycles. The number of aryl methyl sites for hydroxylation is 3. The van der Waals surface area contributed by atoms with E-state index < -0.39 is 0 Å². The number of piperidine rings is 1. The van der Waals surface area contributed by atoms with Gasteiger partial charge in [-0.05, 0) is 63.9 Å². The smallest absolute Gasteiger partial charge is 0.168 e. The number of aromatic amines is 1. The number of Topliss-reactive ketones (excluding diaryl/α,β-unsaturated/α-hetero) is 1. The first-order valence-electron chi connectivity index (χ1n) is 7.42. The molecule has 0 saturated carbocycles. The maximum absolute atomic E-state index is 12.9. The number of aromatic nitrogens is 1. The second-order valence-corrected chi connectivity index (χ2v) is 6.02. The second kappa shape index (κ2) is 5.06. The second-order valence-electron chi connectivity index (χ2n) is 6.02. The van der Waals surface area contributed by atoms with E-state index >= 15 is 0 Å². The normalized spacial score (nSPS) is 16.8. The fourth-order valence-electron chi connectivity index (χ4n) is 3.45. The molecule has 0 amide bonds. The van der Waals surface area contributed by atoms with Crippen molar-refractivity contribution in [3.8, 4) is 0 Å². The van der Waals surface area contributed by atoms with E-state index in [1.807, 2.05) is 6.92 Å². The van der Waals surface area contributed by atoms with Crippen LogP contribution in [-0.4, -0.2) is 23.9 Å². The molecule has 1 saturated heterocycles. The van der Waals surface area contributed by atoms with E-state index in [4.69, 9.17) is 0 Å². The Labute approximate surface area is 119 Å². The first-order chi connectivity index (χ1) is 9.58. The lowest BCUT2D eigenvalue weighted by atomic mass is 9.87. The fourth-order valence-corrected chi connectivity index (χ4v) is 3.45. The highest BCUT2D eigenvalue weighted by molar-refractivity contribution is 6.11. The SMILES string of the molecule is Cc1cc(C)c2c(C(=O)C3CCNCC3)c(C)[nH]c2c1. The van der Waals surface area contributed by atoms with E-state index in [1.54, 1.807) is 0 Å². The van der Waals surface area contributed by atoms with Gasteiger partial charge in [0, 0.05) is 28.1 Å². The van der Waals surface area contributed by atoms with Gasteiger partial charge in [-0.15, -0.1) is 0 Å². The van der Waals surface area contributed by atoms with Gasteiger partial charge in [-0.1, -0.05) is 6.07 Å². The maximum Gasteiger partial charge on any atom is 0.168 e. The van der Waals surface area contributed by atoms with Crippen LogP contribution in [0, 0.1) is 26.7 Å². The summed E-state index contributed by atoms with van der Waals surface area (Å²) >= 11 is 0. The Hall–Kier alpha value is -1.61. The zero-order chi connectivity index (χ0) is 14.3. The largest absolute Gasteiger partial charge is 0.358 e. The summed E-state index contributed by atoms with van der Waals surface area (Å²) in [6, 6.07) is 4.29. The topological polar surface area (TPSA) is 44.9 Å². The summed E-state index contributed by atoms with van der Waals surface area (Å²) in [5.41, 5.74) is 5.46. The van der Waals surface area contributed by atoms with Crippen molar-refractivity contribution in [2.75, 3.05) is 13.1 Å². The average Bonchev–Trinajstić information content (AvgIpc) is 2.75. The van der Waals surface area contributed by atoms with Crippen molar-refractivity contribution in [2.45, 2.75) is 33.6 Å². The first-order valence-corrected chi connectivity index (χ1v) is 7.42. The predicted molar refractivity (Wildman–Crippen MR) is 82.4 cm³/mol. The molecular weight excluding hydrogens is 248 g/mol. The molecule has 0 bridgehead atoms. The Balaban J connectivity index is 2.10. The number of hydrogen-bond donors (Lipinski definition) is 2. The van der Waals surface area contributed by atoms with Gasteiger partial charge in [0.2, 0.25) is 0 Å². The summed E-state index contributed by atoms with van der Waals surface area (Å²) in [5, 5.41) is 4.45. The fraction of sp³-hybridized carbons (Fsp3) is 0.471. The third kappa shape index (κ3) is 2.16. The number of hydrogen-bond acceptors (Lipinski definition) is 2. The Morgan fingerprint density at radius 3 is 2.55 bits per heavy atom. The van der Waals surface area contributed by atoms with E-state index in [0.29, 0.717) is 5.78 Å². The van der Waals surface area contributed by atoms with Crippen molar-refractivity contribution in [1.29, 1.82) is 0 Å².